The van der Waals surface area contributed by atoms with Crippen LogP contribution in [0.4, 0.5) is 17.1 Å². The molecule has 0 spiro atoms. The molecule has 0 aromatic heterocycles. The van der Waals surface area contributed by atoms with Gasteiger partial charge in [0.2, 0.25) is 0 Å². The molecule has 8 aromatic rings. The Labute approximate surface area is 376 Å². The Morgan fingerprint density at radius 2 is 0.825 bits per heavy atom. The van der Waals surface area contributed by atoms with Crippen molar-refractivity contribution in [2.24, 2.45) is 0 Å². The van der Waals surface area contributed by atoms with Crippen LogP contribution in [0.3, 0.4) is 0 Å². The predicted octanol–water partition coefficient (Wildman–Crippen LogP) is 16.9. The molecule has 0 amide bonds. The number of hydrogen-bond acceptors (Lipinski definition) is 1. The number of benzene rings is 8. The Morgan fingerprint density at radius 1 is 0.397 bits per heavy atom. The lowest BCUT2D eigenvalue weighted by Crippen LogP contribution is -2.38. The average Bonchev–Trinajstić information content (AvgIpc) is 3.76. The molecule has 2 aliphatic rings. The molecule has 10 rings (SSSR count). The second-order valence-electron chi connectivity index (χ2n) is 19.0. The van der Waals surface area contributed by atoms with Gasteiger partial charge in [-0.2, -0.15) is 0 Å². The minimum Gasteiger partial charge on any atom is -0.310 e. The monoisotopic (exact) mass is 833 g/mol. The van der Waals surface area contributed by atoms with Crippen LogP contribution in [0, 0.1) is 0 Å². The summed E-state index contributed by atoms with van der Waals surface area (Å²) >= 11 is 0. The molecule has 0 saturated carbocycles. The Bertz CT molecular complexity index is 2990. The standard InChI is InChI=1S/C61H59NSi/c1-8-60(9-2)55-38-42(28-32-50(55)52-34-30-44(40-57(52)60)48-36-37-59(63(5,6)7)54-25-19-18-24-49(48)54)26-27-43-29-33-51-53-35-31-47(41-58(53)61(10-3,11-4)56(51)39-43)62(45-20-14-12-15-21-45)46-22-16-13-17-23-46/h12-41H,8-11H2,1-7H3/b27-26+. The van der Waals surface area contributed by atoms with E-state index < -0.39 is 8.07 Å². The van der Waals surface area contributed by atoms with Crippen molar-refractivity contribution in [1.82, 2.24) is 0 Å². The third-order valence-electron chi connectivity index (χ3n) is 15.0. The Hall–Kier alpha value is -6.22. The van der Waals surface area contributed by atoms with Gasteiger partial charge in [0, 0.05) is 27.9 Å². The first-order valence-corrected chi connectivity index (χ1v) is 26.8. The van der Waals surface area contributed by atoms with Gasteiger partial charge in [-0.05, 0) is 146 Å². The first-order valence-electron chi connectivity index (χ1n) is 23.3. The van der Waals surface area contributed by atoms with Crippen LogP contribution in [0.2, 0.25) is 19.6 Å². The van der Waals surface area contributed by atoms with Crippen molar-refractivity contribution >= 4 is 53.2 Å². The normalized spacial score (nSPS) is 14.4. The molecule has 63 heavy (non-hydrogen) atoms. The molecule has 0 heterocycles. The van der Waals surface area contributed by atoms with E-state index in [0.29, 0.717) is 0 Å². The summed E-state index contributed by atoms with van der Waals surface area (Å²) in [5.41, 5.74) is 19.9. The summed E-state index contributed by atoms with van der Waals surface area (Å²) in [7, 11) is -1.51. The van der Waals surface area contributed by atoms with Crippen LogP contribution in [0.25, 0.3) is 56.3 Å². The molecule has 0 radical (unpaired) electrons. The average molecular weight is 834 g/mol. The molecule has 0 atom stereocenters. The summed E-state index contributed by atoms with van der Waals surface area (Å²) in [6.07, 6.45) is 8.89. The molecular weight excluding hydrogens is 775 g/mol. The van der Waals surface area contributed by atoms with Gasteiger partial charge in [-0.3, -0.25) is 0 Å². The van der Waals surface area contributed by atoms with Crippen molar-refractivity contribution in [2.75, 3.05) is 4.90 Å². The highest BCUT2D eigenvalue weighted by Crippen LogP contribution is 2.56. The first kappa shape index (κ1) is 40.8. The van der Waals surface area contributed by atoms with Gasteiger partial charge in [-0.15, -0.1) is 0 Å². The zero-order chi connectivity index (χ0) is 43.5. The second kappa shape index (κ2) is 15.8. The molecule has 0 saturated heterocycles. The van der Waals surface area contributed by atoms with E-state index in [1.165, 1.54) is 88.4 Å². The molecule has 2 heteroatoms. The van der Waals surface area contributed by atoms with Crippen LogP contribution >= 0.6 is 0 Å². The van der Waals surface area contributed by atoms with Crippen molar-refractivity contribution in [1.29, 1.82) is 0 Å². The van der Waals surface area contributed by atoms with Crippen LogP contribution in [0.15, 0.2) is 170 Å². The number of nitrogens with zero attached hydrogens (tertiary/aromatic N) is 1. The maximum atomic E-state index is 2.54. The SMILES string of the molecule is CCC1(CC)c2cc(/C=C/c3ccc4c(c3)C(CC)(CC)c3cc(N(c5ccccc5)c5ccccc5)ccc3-4)ccc2-c2ccc(-c3ccc([Si](C)(C)C)c4ccccc34)cc21. The van der Waals surface area contributed by atoms with Gasteiger partial charge < -0.3 is 4.90 Å². The van der Waals surface area contributed by atoms with Crippen LogP contribution < -0.4 is 10.1 Å². The van der Waals surface area contributed by atoms with E-state index in [9.17, 15) is 0 Å². The molecule has 1 nitrogen and oxygen atoms in total. The number of rotatable bonds is 11. The molecule has 0 fully saturated rings. The molecule has 0 bridgehead atoms. The van der Waals surface area contributed by atoms with Gasteiger partial charge in [0.25, 0.3) is 0 Å². The van der Waals surface area contributed by atoms with Crippen LogP contribution in [-0.4, -0.2) is 8.07 Å². The van der Waals surface area contributed by atoms with Crippen molar-refractivity contribution in [3.8, 4) is 33.4 Å². The smallest absolute Gasteiger partial charge is 0.0784 e. The quantitative estimate of drug-likeness (QED) is 0.0927. The van der Waals surface area contributed by atoms with Gasteiger partial charge in [-0.25, -0.2) is 0 Å². The lowest BCUT2D eigenvalue weighted by atomic mass is 9.73. The fourth-order valence-electron chi connectivity index (χ4n) is 11.5. The van der Waals surface area contributed by atoms with Crippen molar-refractivity contribution in [3.63, 3.8) is 0 Å². The number of hydrogen-bond donors (Lipinski definition) is 0. The lowest BCUT2D eigenvalue weighted by Gasteiger charge is -2.32. The minimum absolute atomic E-state index is 0.0325. The molecule has 0 aliphatic heterocycles. The fourth-order valence-corrected chi connectivity index (χ4v) is 13.2. The Balaban J connectivity index is 0.986. The van der Waals surface area contributed by atoms with Crippen molar-refractivity contribution < 1.29 is 0 Å². The zero-order valence-corrected chi connectivity index (χ0v) is 39.1. The highest BCUT2D eigenvalue weighted by Gasteiger charge is 2.42. The van der Waals surface area contributed by atoms with Crippen molar-refractivity contribution in [2.45, 2.75) is 83.8 Å². The van der Waals surface area contributed by atoms with Gasteiger partial charge in [0.15, 0.2) is 0 Å². The van der Waals surface area contributed by atoms with E-state index in [2.05, 4.69) is 234 Å². The summed E-state index contributed by atoms with van der Waals surface area (Å²) < 4.78 is 0. The largest absolute Gasteiger partial charge is 0.310 e. The first-order chi connectivity index (χ1) is 30.6. The molecule has 8 aromatic carbocycles. The Morgan fingerprint density at radius 3 is 1.33 bits per heavy atom. The summed E-state index contributed by atoms with van der Waals surface area (Å²) in [6, 6.07) is 64.3. The van der Waals surface area contributed by atoms with Gasteiger partial charge in [0.05, 0.1) is 8.07 Å². The maximum absolute atomic E-state index is 2.54. The third-order valence-corrected chi connectivity index (χ3v) is 17.0. The summed E-state index contributed by atoms with van der Waals surface area (Å²) in [5, 5.41) is 4.32. The lowest BCUT2D eigenvalue weighted by molar-refractivity contribution is 0.490. The van der Waals surface area contributed by atoms with Crippen LogP contribution in [0.1, 0.15) is 86.8 Å². The second-order valence-corrected chi connectivity index (χ2v) is 24.0. The predicted molar refractivity (Wildman–Crippen MR) is 276 cm³/mol. The molecular formula is C61H59NSi. The summed E-state index contributed by atoms with van der Waals surface area (Å²) in [4.78, 5) is 2.39. The van der Waals surface area contributed by atoms with E-state index >= 15 is 0 Å². The van der Waals surface area contributed by atoms with Crippen molar-refractivity contribution in [3.05, 3.63) is 203 Å². The van der Waals surface area contributed by atoms with E-state index in [-0.39, 0.29) is 10.8 Å². The maximum Gasteiger partial charge on any atom is 0.0784 e. The van der Waals surface area contributed by atoms with E-state index in [1.807, 2.05) is 0 Å². The van der Waals surface area contributed by atoms with E-state index in [1.54, 1.807) is 0 Å². The summed E-state index contributed by atoms with van der Waals surface area (Å²) in [6.45, 7) is 16.9. The Kier molecular flexibility index (Phi) is 10.3. The minimum atomic E-state index is -1.51. The molecule has 2 aliphatic carbocycles. The van der Waals surface area contributed by atoms with Crippen LogP contribution in [0.5, 0.6) is 0 Å². The molecule has 0 N–H and O–H groups in total. The summed E-state index contributed by atoms with van der Waals surface area (Å²) in [5.74, 6) is 0. The van der Waals surface area contributed by atoms with E-state index in [4.69, 9.17) is 0 Å². The topological polar surface area (TPSA) is 3.24 Å². The number of fused-ring (bicyclic) bond motifs is 7. The third kappa shape index (κ3) is 6.56. The van der Waals surface area contributed by atoms with Gasteiger partial charge >= 0.3 is 0 Å². The van der Waals surface area contributed by atoms with Crippen LogP contribution in [-0.2, 0) is 10.8 Å². The van der Waals surface area contributed by atoms with Gasteiger partial charge in [-0.1, -0.05) is 192 Å². The highest BCUT2D eigenvalue weighted by molar-refractivity contribution is 6.90. The van der Waals surface area contributed by atoms with E-state index in [0.717, 1.165) is 37.1 Å². The zero-order valence-electron chi connectivity index (χ0n) is 38.1. The number of anilines is 3. The number of para-hydroxylation sites is 2. The fraction of sp³-hybridized carbons (Fsp3) is 0.213. The molecule has 312 valence electrons. The van der Waals surface area contributed by atoms with Gasteiger partial charge in [0.1, 0.15) is 0 Å². The molecule has 0 unspecified atom stereocenters. The highest BCUT2D eigenvalue weighted by atomic mass is 28.3.